The fraction of sp³-hybridized carbons (Fsp3) is 0.385. The molecule has 0 bridgehead atoms. The summed E-state index contributed by atoms with van der Waals surface area (Å²) >= 11 is 0. The third kappa shape index (κ3) is 4.18. The normalized spacial score (nSPS) is 11.6. The van der Waals surface area contributed by atoms with Crippen molar-refractivity contribution in [2.24, 2.45) is 0 Å². The number of ether oxygens (including phenoxy) is 1. The first-order valence-electron chi connectivity index (χ1n) is 6.39. The van der Waals surface area contributed by atoms with Crippen LogP contribution in [-0.4, -0.2) is 18.6 Å². The van der Waals surface area contributed by atoms with E-state index in [0.29, 0.717) is 23.0 Å². The number of halogens is 1. The van der Waals surface area contributed by atoms with E-state index in [1.807, 2.05) is 6.92 Å². The Hall–Kier alpha value is -1.60. The number of aromatic nitrogens is 2. The number of aryl methyl sites for hydroxylation is 2. The molecule has 0 aliphatic carbocycles. The SMILES string of the molecule is CCCc1nc(COc2ccc(S(=O)(=O)Cl)cc2C)no1. The molecule has 6 nitrogen and oxygen atoms in total. The summed E-state index contributed by atoms with van der Waals surface area (Å²) in [6.07, 6.45) is 1.66. The number of hydrogen-bond acceptors (Lipinski definition) is 6. The molecule has 8 heteroatoms. The highest BCUT2D eigenvalue weighted by Crippen LogP contribution is 2.24. The molecular formula is C13H15ClN2O4S. The molecule has 0 unspecified atom stereocenters. The van der Waals surface area contributed by atoms with Gasteiger partial charge in [0.25, 0.3) is 9.05 Å². The number of hydrogen-bond donors (Lipinski definition) is 0. The molecule has 114 valence electrons. The molecule has 0 spiro atoms. The molecule has 0 radical (unpaired) electrons. The van der Waals surface area contributed by atoms with Gasteiger partial charge in [-0.2, -0.15) is 4.98 Å². The van der Waals surface area contributed by atoms with Crippen LogP contribution in [-0.2, 0) is 22.1 Å². The number of nitrogens with zero attached hydrogens (tertiary/aromatic N) is 2. The smallest absolute Gasteiger partial charge is 0.261 e. The van der Waals surface area contributed by atoms with Gasteiger partial charge in [0, 0.05) is 17.1 Å². The van der Waals surface area contributed by atoms with Crippen LogP contribution in [0.5, 0.6) is 5.75 Å². The van der Waals surface area contributed by atoms with Gasteiger partial charge >= 0.3 is 0 Å². The molecule has 0 atom stereocenters. The van der Waals surface area contributed by atoms with Crippen LogP contribution < -0.4 is 4.74 Å². The molecule has 0 N–H and O–H groups in total. The van der Waals surface area contributed by atoms with Crippen LogP contribution >= 0.6 is 10.7 Å². The van der Waals surface area contributed by atoms with E-state index >= 15 is 0 Å². The van der Waals surface area contributed by atoms with Crippen LogP contribution in [0.1, 0.15) is 30.6 Å². The first-order chi connectivity index (χ1) is 9.90. The van der Waals surface area contributed by atoms with Crippen LogP contribution in [0.25, 0.3) is 0 Å². The molecule has 2 rings (SSSR count). The summed E-state index contributed by atoms with van der Waals surface area (Å²) in [5.41, 5.74) is 0.661. The molecule has 2 aromatic rings. The second kappa shape index (κ2) is 6.44. The lowest BCUT2D eigenvalue weighted by Gasteiger charge is -2.07. The first kappa shape index (κ1) is 15.8. The molecule has 21 heavy (non-hydrogen) atoms. The second-order valence-corrected chi connectivity index (χ2v) is 7.07. The Morgan fingerprint density at radius 1 is 1.38 bits per heavy atom. The van der Waals surface area contributed by atoms with E-state index in [9.17, 15) is 8.42 Å². The molecule has 0 amide bonds. The van der Waals surface area contributed by atoms with E-state index in [0.717, 1.165) is 12.8 Å². The van der Waals surface area contributed by atoms with Crippen LogP contribution in [0.4, 0.5) is 0 Å². The quantitative estimate of drug-likeness (QED) is 0.757. The largest absolute Gasteiger partial charge is 0.485 e. The topological polar surface area (TPSA) is 82.3 Å². The molecule has 0 saturated heterocycles. The molecular weight excluding hydrogens is 316 g/mol. The van der Waals surface area contributed by atoms with Crippen molar-refractivity contribution in [3.05, 3.63) is 35.5 Å². The van der Waals surface area contributed by atoms with Crippen molar-refractivity contribution >= 4 is 19.7 Å². The maximum Gasteiger partial charge on any atom is 0.261 e. The zero-order valence-electron chi connectivity index (χ0n) is 11.7. The lowest BCUT2D eigenvalue weighted by atomic mass is 10.2. The van der Waals surface area contributed by atoms with Gasteiger partial charge in [-0.15, -0.1) is 0 Å². The highest BCUT2D eigenvalue weighted by molar-refractivity contribution is 8.13. The molecule has 0 fully saturated rings. The van der Waals surface area contributed by atoms with Crippen molar-refractivity contribution in [3.8, 4) is 5.75 Å². The van der Waals surface area contributed by atoms with E-state index in [-0.39, 0.29) is 11.5 Å². The van der Waals surface area contributed by atoms with Crippen LogP contribution in [0.15, 0.2) is 27.6 Å². The lowest BCUT2D eigenvalue weighted by Crippen LogP contribution is -2.00. The maximum absolute atomic E-state index is 11.2. The molecule has 1 aromatic heterocycles. The minimum absolute atomic E-state index is 0.0406. The van der Waals surface area contributed by atoms with Gasteiger partial charge in [-0.05, 0) is 37.1 Å². The predicted molar refractivity (Wildman–Crippen MR) is 76.8 cm³/mol. The van der Waals surface area contributed by atoms with E-state index in [1.54, 1.807) is 13.0 Å². The van der Waals surface area contributed by atoms with Gasteiger partial charge in [-0.3, -0.25) is 0 Å². The molecule has 0 aliphatic heterocycles. The monoisotopic (exact) mass is 330 g/mol. The average molecular weight is 331 g/mol. The lowest BCUT2D eigenvalue weighted by molar-refractivity contribution is 0.283. The van der Waals surface area contributed by atoms with Crippen molar-refractivity contribution in [3.63, 3.8) is 0 Å². The summed E-state index contributed by atoms with van der Waals surface area (Å²) in [5.74, 6) is 1.57. The molecule has 0 saturated carbocycles. The van der Waals surface area contributed by atoms with Crippen molar-refractivity contribution in [1.82, 2.24) is 10.1 Å². The summed E-state index contributed by atoms with van der Waals surface area (Å²) in [7, 11) is 1.55. The minimum Gasteiger partial charge on any atom is -0.485 e. The van der Waals surface area contributed by atoms with Crippen LogP contribution in [0, 0.1) is 6.92 Å². The van der Waals surface area contributed by atoms with Gasteiger partial charge in [0.2, 0.25) is 11.7 Å². The van der Waals surface area contributed by atoms with Gasteiger partial charge in [0.05, 0.1) is 4.90 Å². The number of benzene rings is 1. The Labute approximate surface area is 127 Å². The summed E-state index contributed by atoms with van der Waals surface area (Å²) < 4.78 is 33.1. The third-order valence-corrected chi connectivity index (χ3v) is 4.11. The zero-order chi connectivity index (χ0) is 15.5. The Kier molecular flexibility index (Phi) is 4.84. The Morgan fingerprint density at radius 2 is 2.14 bits per heavy atom. The second-order valence-electron chi connectivity index (χ2n) is 4.51. The van der Waals surface area contributed by atoms with Gasteiger partial charge in [-0.1, -0.05) is 12.1 Å². The van der Waals surface area contributed by atoms with Gasteiger partial charge in [-0.25, -0.2) is 8.42 Å². The standard InChI is InChI=1S/C13H15ClN2O4S/c1-3-4-13-15-12(16-20-13)8-19-11-6-5-10(7-9(11)2)21(14,17)18/h5-7H,3-4,8H2,1-2H3. The summed E-state index contributed by atoms with van der Waals surface area (Å²) in [6.45, 7) is 3.91. The highest BCUT2D eigenvalue weighted by atomic mass is 35.7. The van der Waals surface area contributed by atoms with E-state index < -0.39 is 9.05 Å². The first-order valence-corrected chi connectivity index (χ1v) is 8.70. The fourth-order valence-corrected chi connectivity index (χ4v) is 2.58. The van der Waals surface area contributed by atoms with Gasteiger partial charge in [0.15, 0.2) is 6.61 Å². The Morgan fingerprint density at radius 3 is 2.76 bits per heavy atom. The van der Waals surface area contributed by atoms with E-state index in [4.69, 9.17) is 19.9 Å². The third-order valence-electron chi connectivity index (χ3n) is 2.76. The maximum atomic E-state index is 11.2. The number of rotatable bonds is 6. The highest BCUT2D eigenvalue weighted by Gasteiger charge is 2.13. The zero-order valence-corrected chi connectivity index (χ0v) is 13.2. The molecule has 0 aliphatic rings. The minimum atomic E-state index is -3.74. The summed E-state index contributed by atoms with van der Waals surface area (Å²) in [6, 6.07) is 4.40. The predicted octanol–water partition coefficient (Wildman–Crippen LogP) is 2.84. The van der Waals surface area contributed by atoms with Crippen molar-refractivity contribution < 1.29 is 17.7 Å². The van der Waals surface area contributed by atoms with E-state index in [1.165, 1.54) is 12.1 Å². The molecule has 1 aromatic carbocycles. The summed E-state index contributed by atoms with van der Waals surface area (Å²) in [4.78, 5) is 4.22. The van der Waals surface area contributed by atoms with Crippen molar-refractivity contribution in [2.45, 2.75) is 38.2 Å². The fourth-order valence-electron chi connectivity index (χ4n) is 1.74. The average Bonchev–Trinajstić information content (AvgIpc) is 2.84. The van der Waals surface area contributed by atoms with Gasteiger partial charge < -0.3 is 9.26 Å². The van der Waals surface area contributed by atoms with E-state index in [2.05, 4.69) is 10.1 Å². The van der Waals surface area contributed by atoms with Crippen LogP contribution in [0.2, 0.25) is 0 Å². The van der Waals surface area contributed by atoms with Crippen molar-refractivity contribution in [2.75, 3.05) is 0 Å². The summed E-state index contributed by atoms with van der Waals surface area (Å²) in [5, 5.41) is 3.81. The van der Waals surface area contributed by atoms with Crippen molar-refractivity contribution in [1.29, 1.82) is 0 Å². The Bertz CT molecular complexity index is 728. The molecule has 1 heterocycles. The van der Waals surface area contributed by atoms with Crippen LogP contribution in [0.3, 0.4) is 0 Å². The Balaban J connectivity index is 2.06. The van der Waals surface area contributed by atoms with Gasteiger partial charge in [0.1, 0.15) is 5.75 Å².